The van der Waals surface area contributed by atoms with Gasteiger partial charge in [0.15, 0.2) is 0 Å². The number of sulfonamides is 1. The van der Waals surface area contributed by atoms with Gasteiger partial charge in [-0.1, -0.05) is 80.6 Å². The Morgan fingerprint density at radius 2 is 1.44 bits per heavy atom. The molecule has 7 nitrogen and oxygen atoms in total. The van der Waals surface area contributed by atoms with Gasteiger partial charge in [0.25, 0.3) is 10.0 Å². The Balaban J connectivity index is 2.00. The minimum Gasteiger partial charge on any atom is -0.352 e. The molecule has 0 saturated carbocycles. The molecule has 0 aromatic heterocycles. The van der Waals surface area contributed by atoms with Gasteiger partial charge in [0.2, 0.25) is 11.8 Å². The van der Waals surface area contributed by atoms with Crippen LogP contribution in [-0.4, -0.2) is 50.3 Å². The molecule has 0 bridgehead atoms. The zero-order valence-corrected chi connectivity index (χ0v) is 24.0. The van der Waals surface area contributed by atoms with Gasteiger partial charge in [-0.15, -0.1) is 0 Å². The van der Waals surface area contributed by atoms with Gasteiger partial charge in [0.05, 0.1) is 10.6 Å². The molecule has 0 spiro atoms. The third-order valence-corrected chi connectivity index (χ3v) is 8.64. The van der Waals surface area contributed by atoms with E-state index in [-0.39, 0.29) is 23.4 Å². The smallest absolute Gasteiger partial charge is 0.264 e. The quantitative estimate of drug-likeness (QED) is 0.327. The number of hydrogen-bond donors (Lipinski definition) is 1. The van der Waals surface area contributed by atoms with Crippen molar-refractivity contribution in [1.29, 1.82) is 0 Å². The third kappa shape index (κ3) is 7.69. The number of aryl methyl sites for hydroxylation is 1. The first-order valence-corrected chi connectivity index (χ1v) is 14.9. The maximum atomic E-state index is 14.0. The maximum absolute atomic E-state index is 14.0. The summed E-state index contributed by atoms with van der Waals surface area (Å²) in [6.07, 6.45) is 1.70. The largest absolute Gasteiger partial charge is 0.352 e. The molecule has 3 aromatic carbocycles. The second-order valence-electron chi connectivity index (χ2n) is 9.68. The summed E-state index contributed by atoms with van der Waals surface area (Å²) in [5.41, 5.74) is 2.18. The zero-order chi connectivity index (χ0) is 28.4. The topological polar surface area (TPSA) is 86.8 Å². The Morgan fingerprint density at radius 1 is 0.846 bits per heavy atom. The highest BCUT2D eigenvalue weighted by Gasteiger charge is 2.34. The summed E-state index contributed by atoms with van der Waals surface area (Å²) >= 11 is 0. The molecule has 0 heterocycles. The number of nitrogens with one attached hydrogen (secondary N) is 1. The highest BCUT2D eigenvalue weighted by Crippen LogP contribution is 2.27. The first-order chi connectivity index (χ1) is 18.7. The Kier molecular flexibility index (Phi) is 10.7. The lowest BCUT2D eigenvalue weighted by Gasteiger charge is -2.34. The van der Waals surface area contributed by atoms with Gasteiger partial charge in [0.1, 0.15) is 12.6 Å². The summed E-state index contributed by atoms with van der Waals surface area (Å²) in [7, 11) is -4.06. The number of para-hydroxylation sites is 1. The van der Waals surface area contributed by atoms with Crippen molar-refractivity contribution in [2.24, 2.45) is 0 Å². The standard InChI is InChI=1S/C31H39N3O4S/c1-5-25(4)32-31(36)28(6-2)33(22-21-26-16-9-7-10-17-26)30(35)23-34(29-20-14-13-15-24(29)3)39(37,38)27-18-11-8-12-19-27/h7-20,25,28H,5-6,21-23H2,1-4H3,(H,32,36)/t25-,28+/m1/s1. The van der Waals surface area contributed by atoms with E-state index in [1.165, 1.54) is 17.0 Å². The van der Waals surface area contributed by atoms with Crippen LogP contribution in [0.5, 0.6) is 0 Å². The molecule has 8 heteroatoms. The van der Waals surface area contributed by atoms with Gasteiger partial charge in [-0.2, -0.15) is 0 Å². The number of rotatable bonds is 13. The molecule has 0 aliphatic rings. The van der Waals surface area contributed by atoms with Crippen LogP contribution in [0.1, 0.15) is 44.7 Å². The monoisotopic (exact) mass is 549 g/mol. The van der Waals surface area contributed by atoms with Crippen LogP contribution in [0.15, 0.2) is 89.8 Å². The summed E-state index contributed by atoms with van der Waals surface area (Å²) in [5, 5.41) is 3.00. The fourth-order valence-electron chi connectivity index (χ4n) is 4.41. The predicted octanol–water partition coefficient (Wildman–Crippen LogP) is 4.95. The van der Waals surface area contributed by atoms with Crippen molar-refractivity contribution in [2.45, 2.75) is 63.9 Å². The van der Waals surface area contributed by atoms with E-state index in [1.54, 1.807) is 30.3 Å². The molecule has 39 heavy (non-hydrogen) atoms. The molecule has 1 N–H and O–H groups in total. The minimum absolute atomic E-state index is 0.0421. The molecule has 0 unspecified atom stereocenters. The number of carbonyl (C=O) groups excluding carboxylic acids is 2. The molecule has 2 amide bonds. The maximum Gasteiger partial charge on any atom is 0.264 e. The molecule has 3 aromatic rings. The fourth-order valence-corrected chi connectivity index (χ4v) is 5.91. The second kappa shape index (κ2) is 13.9. The number of benzene rings is 3. The van der Waals surface area contributed by atoms with Crippen molar-refractivity contribution in [3.63, 3.8) is 0 Å². The minimum atomic E-state index is -4.06. The van der Waals surface area contributed by atoms with E-state index in [0.29, 0.717) is 18.5 Å². The number of amides is 2. The van der Waals surface area contributed by atoms with Gasteiger partial charge < -0.3 is 10.2 Å². The van der Waals surface area contributed by atoms with E-state index in [2.05, 4.69) is 5.32 Å². The first-order valence-electron chi connectivity index (χ1n) is 13.5. The molecule has 0 aliphatic carbocycles. The lowest BCUT2D eigenvalue weighted by molar-refractivity contribution is -0.139. The molecule has 0 aliphatic heterocycles. The van der Waals surface area contributed by atoms with Crippen LogP contribution >= 0.6 is 0 Å². The predicted molar refractivity (Wildman–Crippen MR) is 156 cm³/mol. The summed E-state index contributed by atoms with van der Waals surface area (Å²) in [4.78, 5) is 29.0. The number of hydrogen-bond acceptors (Lipinski definition) is 4. The van der Waals surface area contributed by atoms with Crippen LogP contribution in [0, 0.1) is 6.92 Å². The Bertz CT molecular complexity index is 1330. The van der Waals surface area contributed by atoms with E-state index >= 15 is 0 Å². The lowest BCUT2D eigenvalue weighted by Crippen LogP contribution is -2.54. The number of carbonyl (C=O) groups is 2. The van der Waals surface area contributed by atoms with Crippen molar-refractivity contribution in [3.8, 4) is 0 Å². The van der Waals surface area contributed by atoms with Crippen molar-refractivity contribution in [1.82, 2.24) is 10.2 Å². The average molecular weight is 550 g/mol. The number of anilines is 1. The second-order valence-corrected chi connectivity index (χ2v) is 11.5. The first kappa shape index (κ1) is 29.9. The van der Waals surface area contributed by atoms with E-state index in [0.717, 1.165) is 21.9 Å². The highest BCUT2D eigenvalue weighted by atomic mass is 32.2. The van der Waals surface area contributed by atoms with Gasteiger partial charge >= 0.3 is 0 Å². The molecule has 3 rings (SSSR count). The van der Waals surface area contributed by atoms with Crippen LogP contribution in [0.25, 0.3) is 0 Å². The summed E-state index contributed by atoms with van der Waals surface area (Å²) in [5.74, 6) is -0.665. The van der Waals surface area contributed by atoms with Crippen LogP contribution in [-0.2, 0) is 26.0 Å². The Morgan fingerprint density at radius 3 is 2.03 bits per heavy atom. The van der Waals surface area contributed by atoms with Crippen LogP contribution < -0.4 is 9.62 Å². The lowest BCUT2D eigenvalue weighted by atomic mass is 10.1. The van der Waals surface area contributed by atoms with Crippen molar-refractivity contribution in [3.05, 3.63) is 96.1 Å². The SMILES string of the molecule is CC[C@@H](C)NC(=O)[C@H](CC)N(CCc1ccccc1)C(=O)CN(c1ccccc1C)S(=O)(=O)c1ccccc1. The van der Waals surface area contributed by atoms with E-state index in [1.807, 2.05) is 70.2 Å². The Labute approximate surface area is 232 Å². The molecular weight excluding hydrogens is 510 g/mol. The fraction of sp³-hybridized carbons (Fsp3) is 0.355. The van der Waals surface area contributed by atoms with E-state index < -0.39 is 28.5 Å². The summed E-state index contributed by atoms with van der Waals surface area (Å²) < 4.78 is 28.9. The molecular formula is C31H39N3O4S. The molecule has 0 fully saturated rings. The van der Waals surface area contributed by atoms with Crippen molar-refractivity contribution in [2.75, 3.05) is 17.4 Å². The highest BCUT2D eigenvalue weighted by molar-refractivity contribution is 7.92. The molecule has 2 atom stereocenters. The van der Waals surface area contributed by atoms with Crippen molar-refractivity contribution >= 4 is 27.5 Å². The van der Waals surface area contributed by atoms with Gasteiger partial charge in [-0.05, 0) is 62.4 Å². The van der Waals surface area contributed by atoms with Gasteiger partial charge in [-0.3, -0.25) is 13.9 Å². The Hall–Kier alpha value is -3.65. The number of nitrogens with zero attached hydrogens (tertiary/aromatic N) is 2. The molecule has 0 radical (unpaired) electrons. The van der Waals surface area contributed by atoms with Crippen molar-refractivity contribution < 1.29 is 18.0 Å². The van der Waals surface area contributed by atoms with Crippen LogP contribution in [0.4, 0.5) is 5.69 Å². The van der Waals surface area contributed by atoms with Gasteiger partial charge in [-0.25, -0.2) is 8.42 Å². The van der Waals surface area contributed by atoms with E-state index in [4.69, 9.17) is 0 Å². The van der Waals surface area contributed by atoms with E-state index in [9.17, 15) is 18.0 Å². The zero-order valence-electron chi connectivity index (χ0n) is 23.2. The van der Waals surface area contributed by atoms with Gasteiger partial charge in [0, 0.05) is 12.6 Å². The third-order valence-electron chi connectivity index (χ3n) is 6.87. The molecule has 0 saturated heterocycles. The van der Waals surface area contributed by atoms with Crippen LogP contribution in [0.2, 0.25) is 0 Å². The average Bonchev–Trinajstić information content (AvgIpc) is 2.95. The van der Waals surface area contributed by atoms with Crippen LogP contribution in [0.3, 0.4) is 0 Å². The normalized spacial score (nSPS) is 12.8. The summed E-state index contributed by atoms with van der Waals surface area (Å²) in [6, 6.07) is 24.2. The summed E-state index contributed by atoms with van der Waals surface area (Å²) in [6.45, 7) is 7.44. The molecule has 208 valence electrons.